The number of nitrogens with one attached hydrogen (secondary N) is 1. The minimum absolute atomic E-state index is 0.0834. The van der Waals surface area contributed by atoms with Crippen LogP contribution in [-0.2, 0) is 20.9 Å². The second kappa shape index (κ2) is 10.4. The molecule has 0 aliphatic heterocycles. The van der Waals surface area contributed by atoms with E-state index in [9.17, 15) is 9.59 Å². The van der Waals surface area contributed by atoms with Crippen LogP contribution in [0.15, 0.2) is 35.5 Å². The lowest BCUT2D eigenvalue weighted by Gasteiger charge is -2.29. The quantitative estimate of drug-likeness (QED) is 0.525. The maximum atomic E-state index is 12.1. The Bertz CT molecular complexity index is 825. The second-order valence-corrected chi connectivity index (χ2v) is 8.24. The van der Waals surface area contributed by atoms with Crippen molar-refractivity contribution in [2.75, 3.05) is 12.4 Å². The molecule has 1 heterocycles. The van der Waals surface area contributed by atoms with Crippen molar-refractivity contribution in [1.29, 1.82) is 0 Å². The summed E-state index contributed by atoms with van der Waals surface area (Å²) >= 11 is 1.27. The molecule has 1 N–H and O–H groups in total. The van der Waals surface area contributed by atoms with E-state index >= 15 is 0 Å². The van der Waals surface area contributed by atoms with E-state index in [0.717, 1.165) is 30.7 Å². The van der Waals surface area contributed by atoms with Gasteiger partial charge in [0.1, 0.15) is 0 Å². The van der Waals surface area contributed by atoms with Gasteiger partial charge in [-0.05, 0) is 25.7 Å². The second-order valence-electron chi connectivity index (χ2n) is 7.30. The summed E-state index contributed by atoms with van der Waals surface area (Å²) in [6.07, 6.45) is 4.47. The van der Waals surface area contributed by atoms with E-state index in [1.807, 2.05) is 41.8 Å². The topological polar surface area (TPSA) is 86.1 Å². The largest absolute Gasteiger partial charge is 0.455 e. The maximum Gasteiger partial charge on any atom is 0.316 e. The van der Waals surface area contributed by atoms with Crippen molar-refractivity contribution in [3.05, 3.63) is 30.3 Å². The minimum Gasteiger partial charge on any atom is -0.455 e. The predicted octanol–water partition coefficient (Wildman–Crippen LogP) is 3.30. The third kappa shape index (κ3) is 5.82. The summed E-state index contributed by atoms with van der Waals surface area (Å²) < 4.78 is 7.10. The first kappa shape index (κ1) is 21.4. The fourth-order valence-corrected chi connectivity index (χ4v) is 4.37. The van der Waals surface area contributed by atoms with Crippen molar-refractivity contribution in [2.45, 2.75) is 57.3 Å². The lowest BCUT2D eigenvalue weighted by Crippen LogP contribution is -2.43. The van der Waals surface area contributed by atoms with Crippen LogP contribution in [0.25, 0.3) is 11.4 Å². The summed E-state index contributed by atoms with van der Waals surface area (Å²) in [7, 11) is 0. The Morgan fingerprint density at radius 1 is 1.21 bits per heavy atom. The van der Waals surface area contributed by atoms with Crippen molar-refractivity contribution in [3.8, 4) is 11.4 Å². The first-order valence-electron chi connectivity index (χ1n) is 10.1. The molecule has 1 aromatic heterocycles. The average molecular weight is 417 g/mol. The van der Waals surface area contributed by atoms with Gasteiger partial charge in [0, 0.05) is 18.2 Å². The normalized spacial score (nSPS) is 19.0. The molecule has 0 unspecified atom stereocenters. The summed E-state index contributed by atoms with van der Waals surface area (Å²) in [6, 6.07) is 9.99. The number of amides is 1. The molecule has 0 radical (unpaired) electrons. The Hall–Kier alpha value is -2.35. The van der Waals surface area contributed by atoms with E-state index in [4.69, 9.17) is 4.74 Å². The molecule has 1 amide bonds. The summed E-state index contributed by atoms with van der Waals surface area (Å²) in [5.41, 5.74) is 0.977. The van der Waals surface area contributed by atoms with Crippen LogP contribution in [0.3, 0.4) is 0 Å². The van der Waals surface area contributed by atoms with Crippen LogP contribution in [0, 0.1) is 5.92 Å². The summed E-state index contributed by atoms with van der Waals surface area (Å²) in [5, 5.41) is 12.1. The van der Waals surface area contributed by atoms with Gasteiger partial charge in [0.05, 0.1) is 5.75 Å². The third-order valence-electron chi connectivity index (χ3n) is 5.21. The lowest BCUT2D eigenvalue weighted by molar-refractivity contribution is -0.146. The summed E-state index contributed by atoms with van der Waals surface area (Å²) in [4.78, 5) is 24.1. The van der Waals surface area contributed by atoms with E-state index in [2.05, 4.69) is 22.4 Å². The van der Waals surface area contributed by atoms with E-state index in [1.165, 1.54) is 18.2 Å². The van der Waals surface area contributed by atoms with Crippen LogP contribution in [0.4, 0.5) is 0 Å². The number of thioether (sulfide) groups is 1. The Balaban J connectivity index is 1.47. The van der Waals surface area contributed by atoms with Gasteiger partial charge in [0.15, 0.2) is 17.6 Å². The molecule has 3 rings (SSSR count). The Kier molecular flexibility index (Phi) is 7.69. The highest BCUT2D eigenvalue weighted by Gasteiger charge is 2.23. The summed E-state index contributed by atoms with van der Waals surface area (Å²) in [6.45, 7) is 4.62. The van der Waals surface area contributed by atoms with Crippen LogP contribution >= 0.6 is 11.8 Å². The van der Waals surface area contributed by atoms with Gasteiger partial charge < -0.3 is 14.6 Å². The van der Waals surface area contributed by atoms with Gasteiger partial charge in [-0.2, -0.15) is 0 Å². The third-order valence-corrected chi connectivity index (χ3v) is 6.15. The Morgan fingerprint density at radius 2 is 1.97 bits per heavy atom. The van der Waals surface area contributed by atoms with Gasteiger partial charge in [0.25, 0.3) is 5.91 Å². The molecule has 156 valence electrons. The van der Waals surface area contributed by atoms with Crippen molar-refractivity contribution in [2.24, 2.45) is 5.92 Å². The van der Waals surface area contributed by atoms with Crippen molar-refractivity contribution in [3.63, 3.8) is 0 Å². The minimum atomic E-state index is -0.436. The molecule has 7 nitrogen and oxygen atoms in total. The monoisotopic (exact) mass is 416 g/mol. The Labute approximate surface area is 175 Å². The molecule has 0 saturated heterocycles. The van der Waals surface area contributed by atoms with Crippen LogP contribution < -0.4 is 5.32 Å². The molecule has 2 aromatic rings. The van der Waals surface area contributed by atoms with Crippen LogP contribution in [0.2, 0.25) is 0 Å². The van der Waals surface area contributed by atoms with Gasteiger partial charge >= 0.3 is 5.97 Å². The molecule has 0 bridgehead atoms. The number of carbonyl (C=O) groups excluding carboxylic acids is 2. The van der Waals surface area contributed by atoms with Crippen molar-refractivity contribution < 1.29 is 14.3 Å². The number of nitrogens with zero attached hydrogens (tertiary/aromatic N) is 3. The number of rotatable bonds is 8. The van der Waals surface area contributed by atoms with E-state index in [1.54, 1.807) is 0 Å². The molecule has 29 heavy (non-hydrogen) atoms. The van der Waals surface area contributed by atoms with E-state index in [0.29, 0.717) is 17.6 Å². The van der Waals surface area contributed by atoms with Gasteiger partial charge in [-0.3, -0.25) is 9.59 Å². The number of esters is 1. The molecule has 1 saturated carbocycles. The Morgan fingerprint density at radius 3 is 2.69 bits per heavy atom. The number of hydrogen-bond donors (Lipinski definition) is 1. The number of aromatic nitrogens is 3. The molecule has 1 aliphatic carbocycles. The average Bonchev–Trinajstić information content (AvgIpc) is 3.16. The molecular formula is C21H28N4O3S. The zero-order valence-electron chi connectivity index (χ0n) is 17.0. The molecule has 1 fully saturated rings. The van der Waals surface area contributed by atoms with Crippen LogP contribution in [0.5, 0.6) is 0 Å². The van der Waals surface area contributed by atoms with Crippen molar-refractivity contribution in [1.82, 2.24) is 20.1 Å². The molecule has 0 spiro atoms. The first-order valence-corrected chi connectivity index (χ1v) is 11.1. The molecule has 1 aliphatic rings. The predicted molar refractivity (Wildman–Crippen MR) is 112 cm³/mol. The number of benzene rings is 1. The van der Waals surface area contributed by atoms with Gasteiger partial charge in [0.2, 0.25) is 0 Å². The van der Waals surface area contributed by atoms with Gasteiger partial charge in [-0.15, -0.1) is 10.2 Å². The van der Waals surface area contributed by atoms with Gasteiger partial charge in [-0.25, -0.2) is 0 Å². The smallest absolute Gasteiger partial charge is 0.316 e. The summed E-state index contributed by atoms with van der Waals surface area (Å²) in [5.74, 6) is 0.655. The van der Waals surface area contributed by atoms with E-state index in [-0.39, 0.29) is 24.3 Å². The highest BCUT2D eigenvalue weighted by molar-refractivity contribution is 7.99. The highest BCUT2D eigenvalue weighted by atomic mass is 32.2. The zero-order chi connectivity index (χ0) is 20.6. The molecule has 1 aromatic carbocycles. The van der Waals surface area contributed by atoms with Crippen LogP contribution in [-0.4, -0.2) is 45.0 Å². The molecule has 8 heteroatoms. The first-order chi connectivity index (χ1) is 14.1. The van der Waals surface area contributed by atoms with Gasteiger partial charge in [-0.1, -0.05) is 61.9 Å². The fraction of sp³-hybridized carbons (Fsp3) is 0.524. The number of hydrogen-bond acceptors (Lipinski definition) is 6. The van der Waals surface area contributed by atoms with Crippen LogP contribution in [0.1, 0.15) is 39.5 Å². The van der Waals surface area contributed by atoms with Crippen molar-refractivity contribution >= 4 is 23.6 Å². The molecule has 2 atom stereocenters. The zero-order valence-corrected chi connectivity index (χ0v) is 17.8. The standard InChI is InChI=1S/C21H28N4O3S/c1-3-25-20(16-10-5-4-6-11-16)23-24-21(25)29-14-19(27)28-13-18(26)22-17-12-8-7-9-15(17)2/h4-6,10-11,15,17H,3,7-9,12-14H2,1-2H3,(H,22,26)/t15-,17-/m1/s1. The SMILES string of the molecule is CCn1c(SCC(=O)OCC(=O)N[C@@H]2CCCC[C@H]2C)nnc1-c1ccccc1. The highest BCUT2D eigenvalue weighted by Crippen LogP contribution is 2.24. The maximum absolute atomic E-state index is 12.1. The molecular weight excluding hydrogens is 388 g/mol. The van der Waals surface area contributed by atoms with E-state index < -0.39 is 5.97 Å². The number of ether oxygens (including phenoxy) is 1. The lowest BCUT2D eigenvalue weighted by atomic mass is 9.86. The fourth-order valence-electron chi connectivity index (χ4n) is 3.57. The number of carbonyl (C=O) groups is 2.